The molecule has 3 aromatic rings. The third kappa shape index (κ3) is 2.61. The summed E-state index contributed by atoms with van der Waals surface area (Å²) in [5.41, 5.74) is 1.27. The van der Waals surface area contributed by atoms with Crippen LogP contribution in [0.1, 0.15) is 17.3 Å². The first-order chi connectivity index (χ1) is 11.6. The maximum absolute atomic E-state index is 12.4. The van der Waals surface area contributed by atoms with Gasteiger partial charge in [0.25, 0.3) is 5.91 Å². The molecule has 1 aliphatic rings. The number of aromatic nitrogens is 1. The summed E-state index contributed by atoms with van der Waals surface area (Å²) in [7, 11) is 0. The fourth-order valence-corrected chi connectivity index (χ4v) is 5.03. The number of hydrogen-bond acceptors (Lipinski definition) is 5. The highest BCUT2D eigenvalue weighted by molar-refractivity contribution is 7.20. The summed E-state index contributed by atoms with van der Waals surface area (Å²) >= 11 is 14.5. The van der Waals surface area contributed by atoms with Crippen LogP contribution in [0.2, 0.25) is 8.67 Å². The third-order valence-electron chi connectivity index (χ3n) is 3.58. The van der Waals surface area contributed by atoms with E-state index in [2.05, 4.69) is 4.99 Å². The van der Waals surface area contributed by atoms with Gasteiger partial charge in [-0.05, 0) is 13.0 Å². The van der Waals surface area contributed by atoms with Crippen LogP contribution in [0.5, 0.6) is 11.5 Å². The van der Waals surface area contributed by atoms with E-state index in [1.54, 1.807) is 6.07 Å². The minimum Gasteiger partial charge on any atom is -0.454 e. The summed E-state index contributed by atoms with van der Waals surface area (Å²) in [4.78, 5) is 17.3. The number of aryl methyl sites for hydroxylation is 1. The summed E-state index contributed by atoms with van der Waals surface area (Å²) in [6.07, 6.45) is 0. The number of fused-ring (bicyclic) bond motifs is 2. The largest absolute Gasteiger partial charge is 0.454 e. The topological polar surface area (TPSA) is 52.8 Å². The van der Waals surface area contributed by atoms with E-state index < -0.39 is 5.91 Å². The second kappa shape index (κ2) is 6.07. The van der Waals surface area contributed by atoms with Gasteiger partial charge in [0.2, 0.25) is 6.79 Å². The lowest BCUT2D eigenvalue weighted by Gasteiger charge is -2.01. The number of nitrogens with zero attached hydrogens (tertiary/aromatic N) is 2. The molecule has 0 bridgehead atoms. The molecule has 0 atom stereocenters. The number of hydrogen-bond donors (Lipinski definition) is 0. The van der Waals surface area contributed by atoms with E-state index in [4.69, 9.17) is 32.7 Å². The molecule has 0 unspecified atom stereocenters. The average Bonchev–Trinajstić information content (AvgIpc) is 3.21. The molecule has 5 nitrogen and oxygen atoms in total. The molecule has 1 aliphatic heterocycles. The highest BCUT2D eigenvalue weighted by Gasteiger charge is 2.18. The van der Waals surface area contributed by atoms with Crippen molar-refractivity contribution in [2.24, 2.45) is 4.99 Å². The zero-order chi connectivity index (χ0) is 16.8. The SMILES string of the molecule is CCn1c(=NC(=O)c2cc(Cl)sc2Cl)sc2cc3c(cc21)OCO3. The van der Waals surface area contributed by atoms with Gasteiger partial charge in [0.15, 0.2) is 16.3 Å². The van der Waals surface area contributed by atoms with Gasteiger partial charge in [-0.15, -0.1) is 11.3 Å². The lowest BCUT2D eigenvalue weighted by atomic mass is 10.3. The van der Waals surface area contributed by atoms with Crippen LogP contribution < -0.4 is 14.3 Å². The lowest BCUT2D eigenvalue weighted by molar-refractivity contribution is 0.0998. The first-order valence-corrected chi connectivity index (χ1v) is 9.42. The molecule has 0 aliphatic carbocycles. The Kier molecular flexibility index (Phi) is 4.04. The summed E-state index contributed by atoms with van der Waals surface area (Å²) < 4.78 is 14.6. The number of amides is 1. The van der Waals surface area contributed by atoms with Crippen molar-refractivity contribution < 1.29 is 14.3 Å². The molecule has 124 valence electrons. The minimum absolute atomic E-state index is 0.228. The van der Waals surface area contributed by atoms with Crippen LogP contribution in [-0.4, -0.2) is 17.3 Å². The number of halogens is 2. The molecule has 1 aromatic carbocycles. The van der Waals surface area contributed by atoms with E-state index in [9.17, 15) is 4.79 Å². The molecule has 0 saturated heterocycles. The van der Waals surface area contributed by atoms with Gasteiger partial charge >= 0.3 is 0 Å². The Morgan fingerprint density at radius 2 is 2.00 bits per heavy atom. The van der Waals surface area contributed by atoms with Gasteiger partial charge in [-0.1, -0.05) is 34.5 Å². The molecule has 0 saturated carbocycles. The van der Waals surface area contributed by atoms with Crippen LogP contribution in [0, 0.1) is 0 Å². The molecule has 4 rings (SSSR count). The first kappa shape index (κ1) is 16.0. The number of thiazole rings is 1. The van der Waals surface area contributed by atoms with E-state index in [0.717, 1.165) is 21.6 Å². The molecule has 3 heterocycles. The smallest absolute Gasteiger partial charge is 0.282 e. The van der Waals surface area contributed by atoms with Gasteiger partial charge in [0.05, 0.1) is 20.1 Å². The fraction of sp³-hybridized carbons (Fsp3) is 0.200. The zero-order valence-corrected chi connectivity index (χ0v) is 15.5. The van der Waals surface area contributed by atoms with Crippen LogP contribution in [-0.2, 0) is 6.54 Å². The Morgan fingerprint density at radius 1 is 1.25 bits per heavy atom. The van der Waals surface area contributed by atoms with Crippen molar-refractivity contribution in [2.45, 2.75) is 13.5 Å². The number of carbonyl (C=O) groups excluding carboxylic acids is 1. The van der Waals surface area contributed by atoms with Gasteiger partial charge < -0.3 is 14.0 Å². The van der Waals surface area contributed by atoms with Crippen molar-refractivity contribution in [1.82, 2.24) is 4.57 Å². The quantitative estimate of drug-likeness (QED) is 0.633. The van der Waals surface area contributed by atoms with Gasteiger partial charge in [0, 0.05) is 18.7 Å². The molecular weight excluding hydrogens is 391 g/mol. The summed E-state index contributed by atoms with van der Waals surface area (Å²) in [6.45, 7) is 2.89. The average molecular weight is 401 g/mol. The predicted molar refractivity (Wildman–Crippen MR) is 95.8 cm³/mol. The van der Waals surface area contributed by atoms with Crippen molar-refractivity contribution in [2.75, 3.05) is 6.79 Å². The Bertz CT molecular complexity index is 1040. The van der Waals surface area contributed by atoms with Gasteiger partial charge in [-0.2, -0.15) is 4.99 Å². The standard InChI is InChI=1S/C15H10Cl2N2O3S2/c1-2-19-8-4-9-10(22-6-21-9)5-11(8)23-15(19)18-14(20)7-3-12(16)24-13(7)17/h3-5H,2,6H2,1H3. The number of carbonyl (C=O) groups is 1. The van der Waals surface area contributed by atoms with Gasteiger partial charge in [0.1, 0.15) is 4.34 Å². The highest BCUT2D eigenvalue weighted by Crippen LogP contribution is 2.37. The minimum atomic E-state index is -0.406. The van der Waals surface area contributed by atoms with E-state index >= 15 is 0 Å². The van der Waals surface area contributed by atoms with E-state index in [-0.39, 0.29) is 6.79 Å². The van der Waals surface area contributed by atoms with Crippen molar-refractivity contribution in [3.05, 3.63) is 37.2 Å². The number of benzene rings is 1. The van der Waals surface area contributed by atoms with Gasteiger partial charge in [-0.3, -0.25) is 4.79 Å². The first-order valence-electron chi connectivity index (χ1n) is 7.03. The maximum Gasteiger partial charge on any atom is 0.282 e. The van der Waals surface area contributed by atoms with Crippen molar-refractivity contribution in [3.8, 4) is 11.5 Å². The van der Waals surface area contributed by atoms with E-state index in [1.807, 2.05) is 23.6 Å². The Labute approximate surface area is 154 Å². The molecule has 2 aromatic heterocycles. The third-order valence-corrected chi connectivity index (χ3v) is 6.11. The number of ether oxygens (including phenoxy) is 2. The van der Waals surface area contributed by atoms with Gasteiger partial charge in [-0.25, -0.2) is 0 Å². The Balaban J connectivity index is 1.87. The summed E-state index contributed by atoms with van der Waals surface area (Å²) in [6, 6.07) is 5.36. The molecule has 9 heteroatoms. The Hall–Kier alpha value is -1.54. The van der Waals surface area contributed by atoms with Crippen LogP contribution in [0.3, 0.4) is 0 Å². The zero-order valence-electron chi connectivity index (χ0n) is 12.3. The van der Waals surface area contributed by atoms with Crippen molar-refractivity contribution >= 4 is 62.0 Å². The van der Waals surface area contributed by atoms with Crippen LogP contribution in [0.4, 0.5) is 0 Å². The normalized spacial score (nSPS) is 13.9. The summed E-state index contributed by atoms with van der Waals surface area (Å²) in [5.74, 6) is 1.00. The lowest BCUT2D eigenvalue weighted by Crippen LogP contribution is -2.15. The molecule has 24 heavy (non-hydrogen) atoms. The van der Waals surface area contributed by atoms with Crippen molar-refractivity contribution in [3.63, 3.8) is 0 Å². The highest BCUT2D eigenvalue weighted by atomic mass is 35.5. The maximum atomic E-state index is 12.4. The predicted octanol–water partition coefficient (Wildman–Crippen LogP) is 4.56. The monoisotopic (exact) mass is 400 g/mol. The molecule has 1 amide bonds. The Morgan fingerprint density at radius 3 is 2.67 bits per heavy atom. The second-order valence-corrected chi connectivity index (χ2v) is 8.25. The molecule has 0 fully saturated rings. The van der Waals surface area contributed by atoms with E-state index in [1.165, 1.54) is 11.3 Å². The molecule has 0 N–H and O–H groups in total. The van der Waals surface area contributed by atoms with Crippen LogP contribution in [0.25, 0.3) is 10.2 Å². The van der Waals surface area contributed by atoms with Crippen LogP contribution in [0.15, 0.2) is 23.2 Å². The molecule has 0 radical (unpaired) electrons. The number of thiophene rings is 1. The van der Waals surface area contributed by atoms with E-state index in [0.29, 0.717) is 37.1 Å². The second-order valence-electron chi connectivity index (χ2n) is 4.96. The van der Waals surface area contributed by atoms with Crippen molar-refractivity contribution in [1.29, 1.82) is 0 Å². The summed E-state index contributed by atoms with van der Waals surface area (Å²) in [5, 5.41) is 0. The number of rotatable bonds is 2. The molecule has 0 spiro atoms. The fourth-order valence-electron chi connectivity index (χ4n) is 2.48. The van der Waals surface area contributed by atoms with Crippen LogP contribution >= 0.6 is 45.9 Å². The molecular formula is C15H10Cl2N2O3S2.